The highest BCUT2D eigenvalue weighted by molar-refractivity contribution is 5.24. The lowest BCUT2D eigenvalue weighted by Crippen LogP contribution is -2.48. The molecule has 0 radical (unpaired) electrons. The van der Waals surface area contributed by atoms with Gasteiger partial charge in [-0.25, -0.2) is 0 Å². The van der Waals surface area contributed by atoms with Crippen molar-refractivity contribution in [1.29, 1.82) is 0 Å². The van der Waals surface area contributed by atoms with Gasteiger partial charge in [-0.05, 0) is 44.9 Å². The van der Waals surface area contributed by atoms with E-state index >= 15 is 0 Å². The van der Waals surface area contributed by atoms with E-state index in [9.17, 15) is 5.11 Å². The molecule has 4 rings (SSSR count). The molecule has 6 atom stereocenters. The molecule has 1 unspecified atom stereocenters. The van der Waals surface area contributed by atoms with Crippen LogP contribution in [0.3, 0.4) is 0 Å². The quantitative estimate of drug-likeness (QED) is 0.778. The lowest BCUT2D eigenvalue weighted by molar-refractivity contribution is -0.210. The first-order chi connectivity index (χ1) is 9.16. The third-order valence-electron chi connectivity index (χ3n) is 5.96. The van der Waals surface area contributed by atoms with Gasteiger partial charge in [-0.2, -0.15) is 0 Å². The molecule has 4 nitrogen and oxygen atoms in total. The molecule has 1 N–H and O–H groups in total. The van der Waals surface area contributed by atoms with Crippen LogP contribution in [0.2, 0.25) is 0 Å². The van der Waals surface area contributed by atoms with Gasteiger partial charge in [0.05, 0.1) is 12.2 Å². The smallest absolute Gasteiger partial charge is 0.157 e. The monoisotopic (exact) mass is 268 g/mol. The molecule has 4 aliphatic rings. The first-order valence-corrected chi connectivity index (χ1v) is 7.79. The average Bonchev–Trinajstić information content (AvgIpc) is 3.12. The minimum absolute atomic E-state index is 0.0187. The van der Waals surface area contributed by atoms with E-state index in [0.29, 0.717) is 0 Å². The molecule has 0 aromatic heterocycles. The van der Waals surface area contributed by atoms with E-state index in [1.54, 1.807) is 0 Å². The highest BCUT2D eigenvalue weighted by atomic mass is 16.7. The molecule has 4 heteroatoms. The molecule has 2 heterocycles. The number of ether oxygens (including phenoxy) is 3. The van der Waals surface area contributed by atoms with Crippen LogP contribution in [0.15, 0.2) is 0 Å². The molecule has 0 amide bonds. The van der Waals surface area contributed by atoms with Crippen molar-refractivity contribution < 1.29 is 19.3 Å². The van der Waals surface area contributed by atoms with E-state index in [1.165, 1.54) is 6.42 Å². The van der Waals surface area contributed by atoms with Crippen molar-refractivity contribution in [3.8, 4) is 0 Å². The zero-order valence-electron chi connectivity index (χ0n) is 11.6. The number of epoxide rings is 1. The van der Waals surface area contributed by atoms with E-state index in [0.717, 1.165) is 45.1 Å². The Hall–Kier alpha value is -0.160. The second-order valence-corrected chi connectivity index (χ2v) is 6.91. The molecule has 0 bridgehead atoms. The van der Waals surface area contributed by atoms with Gasteiger partial charge >= 0.3 is 0 Å². The van der Waals surface area contributed by atoms with E-state index in [2.05, 4.69) is 6.92 Å². The fourth-order valence-electron chi connectivity index (χ4n) is 4.66. The lowest BCUT2D eigenvalue weighted by atomic mass is 9.67. The molecule has 0 aromatic rings. The van der Waals surface area contributed by atoms with Gasteiger partial charge in [0, 0.05) is 12.0 Å². The SMILES string of the molecule is C[C@@]12CC[C@@H](O)[C@H]3O[C@@]31CC[C@H]2OC1CCCCO1. The zero-order chi connectivity index (χ0) is 13.1. The van der Waals surface area contributed by atoms with Crippen molar-refractivity contribution in [1.82, 2.24) is 0 Å². The van der Waals surface area contributed by atoms with Gasteiger partial charge in [-0.15, -0.1) is 0 Å². The molecule has 2 saturated heterocycles. The summed E-state index contributed by atoms with van der Waals surface area (Å²) in [5.74, 6) is 0. The van der Waals surface area contributed by atoms with Crippen LogP contribution >= 0.6 is 0 Å². The molecule has 1 spiro atoms. The summed E-state index contributed by atoms with van der Waals surface area (Å²) in [5, 5.41) is 9.99. The molecule has 2 aliphatic carbocycles. The standard InChI is InChI=1S/C15H24O4/c1-14-7-5-10(16)13-15(14,19-13)8-6-11(14)18-12-4-2-3-9-17-12/h10-13,16H,2-9H2,1H3/t10-,11-,12?,13-,14+,15+/m1/s1. The summed E-state index contributed by atoms with van der Waals surface area (Å²) >= 11 is 0. The Morgan fingerprint density at radius 2 is 2.05 bits per heavy atom. The van der Waals surface area contributed by atoms with Gasteiger partial charge in [0.1, 0.15) is 11.7 Å². The molecule has 2 saturated carbocycles. The van der Waals surface area contributed by atoms with Gasteiger partial charge in [-0.1, -0.05) is 6.92 Å². The molecule has 0 aromatic carbocycles. The van der Waals surface area contributed by atoms with Crippen LogP contribution in [0, 0.1) is 5.41 Å². The maximum atomic E-state index is 9.99. The van der Waals surface area contributed by atoms with Gasteiger partial charge in [0.15, 0.2) is 6.29 Å². The topological polar surface area (TPSA) is 51.2 Å². The van der Waals surface area contributed by atoms with E-state index in [-0.39, 0.29) is 35.6 Å². The Morgan fingerprint density at radius 1 is 1.16 bits per heavy atom. The summed E-state index contributed by atoms with van der Waals surface area (Å²) in [6, 6.07) is 0. The third kappa shape index (κ3) is 1.67. The maximum Gasteiger partial charge on any atom is 0.157 e. The van der Waals surface area contributed by atoms with Crippen molar-refractivity contribution in [2.75, 3.05) is 6.61 Å². The Bertz CT molecular complexity index is 367. The summed E-state index contributed by atoms with van der Waals surface area (Å²) in [6.45, 7) is 3.12. The number of hydrogen-bond donors (Lipinski definition) is 1. The molecule has 19 heavy (non-hydrogen) atoms. The second kappa shape index (κ2) is 4.17. The van der Waals surface area contributed by atoms with Crippen molar-refractivity contribution in [3.63, 3.8) is 0 Å². The zero-order valence-corrected chi connectivity index (χ0v) is 11.6. The lowest BCUT2D eigenvalue weighted by Gasteiger charge is -2.40. The normalized spacial score (nSPS) is 56.5. The molecule has 2 aliphatic heterocycles. The molecule has 4 fully saturated rings. The Kier molecular flexibility index (Phi) is 2.76. The summed E-state index contributed by atoms with van der Waals surface area (Å²) in [4.78, 5) is 0. The Morgan fingerprint density at radius 3 is 2.84 bits per heavy atom. The first-order valence-electron chi connectivity index (χ1n) is 7.79. The predicted octanol–water partition coefficient (Wildman–Crippen LogP) is 1.99. The maximum absolute atomic E-state index is 9.99. The van der Waals surface area contributed by atoms with Crippen LogP contribution in [-0.2, 0) is 14.2 Å². The van der Waals surface area contributed by atoms with Gasteiger partial charge in [0.2, 0.25) is 0 Å². The largest absolute Gasteiger partial charge is 0.390 e. The summed E-state index contributed by atoms with van der Waals surface area (Å²) < 4.78 is 17.9. The van der Waals surface area contributed by atoms with Gasteiger partial charge < -0.3 is 19.3 Å². The third-order valence-corrected chi connectivity index (χ3v) is 5.96. The van der Waals surface area contributed by atoms with Crippen LogP contribution in [0.25, 0.3) is 0 Å². The number of hydrogen-bond acceptors (Lipinski definition) is 4. The predicted molar refractivity (Wildman–Crippen MR) is 68.6 cm³/mol. The number of rotatable bonds is 2. The minimum Gasteiger partial charge on any atom is -0.390 e. The molecular formula is C15H24O4. The van der Waals surface area contributed by atoms with Crippen LogP contribution in [0.1, 0.15) is 51.9 Å². The van der Waals surface area contributed by atoms with Gasteiger partial charge in [0.25, 0.3) is 0 Å². The van der Waals surface area contributed by atoms with Crippen molar-refractivity contribution in [3.05, 3.63) is 0 Å². The molecule has 108 valence electrons. The Labute approximate surface area is 114 Å². The van der Waals surface area contributed by atoms with Crippen LogP contribution in [-0.4, -0.2) is 41.9 Å². The summed E-state index contributed by atoms with van der Waals surface area (Å²) in [7, 11) is 0. The van der Waals surface area contributed by atoms with Crippen molar-refractivity contribution >= 4 is 0 Å². The van der Waals surface area contributed by atoms with E-state index < -0.39 is 0 Å². The van der Waals surface area contributed by atoms with Crippen LogP contribution in [0.5, 0.6) is 0 Å². The average molecular weight is 268 g/mol. The fourth-order valence-corrected chi connectivity index (χ4v) is 4.66. The van der Waals surface area contributed by atoms with Crippen molar-refractivity contribution in [2.24, 2.45) is 5.41 Å². The fraction of sp³-hybridized carbons (Fsp3) is 1.00. The van der Waals surface area contributed by atoms with E-state index in [1.807, 2.05) is 0 Å². The summed E-state index contributed by atoms with van der Waals surface area (Å²) in [6.07, 6.45) is 7.30. The van der Waals surface area contributed by atoms with Crippen LogP contribution < -0.4 is 0 Å². The number of aliphatic hydroxyl groups is 1. The van der Waals surface area contributed by atoms with Gasteiger partial charge in [-0.3, -0.25) is 0 Å². The molecular weight excluding hydrogens is 244 g/mol. The van der Waals surface area contributed by atoms with Crippen LogP contribution in [0.4, 0.5) is 0 Å². The van der Waals surface area contributed by atoms with Crippen molar-refractivity contribution in [2.45, 2.75) is 82.1 Å². The highest BCUT2D eigenvalue weighted by Gasteiger charge is 2.76. The first kappa shape index (κ1) is 12.6. The highest BCUT2D eigenvalue weighted by Crippen LogP contribution is 2.67. The minimum atomic E-state index is -0.266. The second-order valence-electron chi connectivity index (χ2n) is 6.91. The summed E-state index contributed by atoms with van der Waals surface area (Å²) in [5.41, 5.74) is -0.0261. The number of aliphatic hydroxyl groups excluding tert-OH is 1. The Balaban J connectivity index is 1.49. The van der Waals surface area contributed by atoms with E-state index in [4.69, 9.17) is 14.2 Å².